The Balaban J connectivity index is 1.55. The molecule has 1 heterocycles. The van der Waals surface area contributed by atoms with Crippen LogP contribution in [0.15, 0.2) is 48.5 Å². The van der Waals surface area contributed by atoms with E-state index < -0.39 is 0 Å². The van der Waals surface area contributed by atoms with Crippen LogP contribution in [0, 0.1) is 12.8 Å². The minimum Gasteiger partial charge on any atom is -0.399 e. The fourth-order valence-electron chi connectivity index (χ4n) is 3.09. The van der Waals surface area contributed by atoms with E-state index >= 15 is 0 Å². The molecule has 0 saturated carbocycles. The zero-order valence-electron chi connectivity index (χ0n) is 13.5. The van der Waals surface area contributed by atoms with Gasteiger partial charge >= 0.3 is 0 Å². The molecule has 1 atom stereocenters. The summed E-state index contributed by atoms with van der Waals surface area (Å²) in [4.78, 5) is 14.7. The monoisotopic (exact) mass is 309 g/mol. The highest BCUT2D eigenvalue weighted by atomic mass is 16.1. The van der Waals surface area contributed by atoms with E-state index in [1.807, 2.05) is 25.1 Å². The van der Waals surface area contributed by atoms with Crippen LogP contribution < -0.4 is 16.0 Å². The fraction of sp³-hybridized carbons (Fsp3) is 0.316. The maximum absolute atomic E-state index is 12.3. The molecule has 0 spiro atoms. The molecule has 1 fully saturated rings. The molecule has 1 aliphatic rings. The van der Waals surface area contributed by atoms with Crippen LogP contribution in [0.25, 0.3) is 0 Å². The Labute approximate surface area is 137 Å². The minimum atomic E-state index is -0.0343. The number of nitrogen functional groups attached to an aromatic ring is 1. The molecule has 120 valence electrons. The number of hydrogen-bond acceptors (Lipinski definition) is 3. The van der Waals surface area contributed by atoms with Gasteiger partial charge in [-0.05, 0) is 49.1 Å². The lowest BCUT2D eigenvalue weighted by molar-refractivity contribution is 0.0947. The lowest BCUT2D eigenvalue weighted by Gasteiger charge is -2.18. The van der Waals surface area contributed by atoms with Crippen molar-refractivity contribution in [3.8, 4) is 0 Å². The highest BCUT2D eigenvalue weighted by Gasteiger charge is 2.23. The van der Waals surface area contributed by atoms with Crippen LogP contribution >= 0.6 is 0 Å². The quantitative estimate of drug-likeness (QED) is 0.854. The zero-order chi connectivity index (χ0) is 16.2. The summed E-state index contributed by atoms with van der Waals surface area (Å²) in [5, 5.41) is 3.06. The number of carbonyl (C=O) groups excluding carboxylic acids is 1. The maximum atomic E-state index is 12.3. The third-order valence-corrected chi connectivity index (χ3v) is 4.46. The van der Waals surface area contributed by atoms with Gasteiger partial charge in [-0.2, -0.15) is 0 Å². The molecule has 0 bridgehead atoms. The van der Waals surface area contributed by atoms with Crippen molar-refractivity contribution in [3.05, 3.63) is 59.7 Å². The number of aryl methyl sites for hydroxylation is 1. The molecule has 3 N–H and O–H groups in total. The van der Waals surface area contributed by atoms with Crippen LogP contribution in [0.5, 0.6) is 0 Å². The van der Waals surface area contributed by atoms with Crippen molar-refractivity contribution in [3.63, 3.8) is 0 Å². The summed E-state index contributed by atoms with van der Waals surface area (Å²) in [7, 11) is 0. The standard InChI is InChI=1S/C19H23N3O/c1-14-7-8-16(20)11-18(14)19(23)21-12-15-9-10-22(13-15)17-5-3-2-4-6-17/h2-8,11,15H,9-10,12-13,20H2,1H3,(H,21,23). The Morgan fingerprint density at radius 2 is 2.04 bits per heavy atom. The molecule has 1 aliphatic heterocycles. The van der Waals surface area contributed by atoms with Crippen molar-refractivity contribution >= 4 is 17.3 Å². The predicted octanol–water partition coefficient (Wildman–Crippen LogP) is 2.83. The van der Waals surface area contributed by atoms with E-state index in [9.17, 15) is 4.79 Å². The molecule has 1 amide bonds. The smallest absolute Gasteiger partial charge is 0.251 e. The summed E-state index contributed by atoms with van der Waals surface area (Å²) < 4.78 is 0. The molecule has 3 rings (SSSR count). The van der Waals surface area contributed by atoms with E-state index in [2.05, 4.69) is 34.5 Å². The van der Waals surface area contributed by atoms with Crippen LogP contribution in [0.4, 0.5) is 11.4 Å². The van der Waals surface area contributed by atoms with E-state index in [1.54, 1.807) is 6.07 Å². The molecular weight excluding hydrogens is 286 g/mol. The molecule has 4 nitrogen and oxygen atoms in total. The number of para-hydroxylation sites is 1. The average molecular weight is 309 g/mol. The number of anilines is 2. The van der Waals surface area contributed by atoms with E-state index in [1.165, 1.54) is 5.69 Å². The fourth-order valence-corrected chi connectivity index (χ4v) is 3.09. The number of nitrogens with two attached hydrogens (primary N) is 1. The summed E-state index contributed by atoms with van der Waals surface area (Å²) in [5.74, 6) is 0.452. The molecule has 1 unspecified atom stereocenters. The number of carbonyl (C=O) groups is 1. The Morgan fingerprint density at radius 1 is 1.26 bits per heavy atom. The van der Waals surface area contributed by atoms with Gasteiger partial charge in [-0.25, -0.2) is 0 Å². The van der Waals surface area contributed by atoms with E-state index in [-0.39, 0.29) is 5.91 Å². The van der Waals surface area contributed by atoms with Crippen LogP contribution in [0.3, 0.4) is 0 Å². The van der Waals surface area contributed by atoms with Crippen LogP contribution in [0.1, 0.15) is 22.3 Å². The van der Waals surface area contributed by atoms with Gasteiger partial charge in [-0.1, -0.05) is 24.3 Å². The first kappa shape index (κ1) is 15.4. The van der Waals surface area contributed by atoms with E-state index in [0.29, 0.717) is 23.7 Å². The molecule has 4 heteroatoms. The van der Waals surface area contributed by atoms with Gasteiger partial charge in [0.25, 0.3) is 5.91 Å². The number of rotatable bonds is 4. The van der Waals surface area contributed by atoms with Crippen molar-refractivity contribution < 1.29 is 4.79 Å². The SMILES string of the molecule is Cc1ccc(N)cc1C(=O)NCC1CCN(c2ccccc2)C1. The second kappa shape index (κ2) is 6.73. The second-order valence-electron chi connectivity index (χ2n) is 6.22. The Hall–Kier alpha value is -2.49. The largest absolute Gasteiger partial charge is 0.399 e. The first-order valence-corrected chi connectivity index (χ1v) is 8.08. The maximum Gasteiger partial charge on any atom is 0.251 e. The lowest BCUT2D eigenvalue weighted by Crippen LogP contribution is -2.31. The summed E-state index contributed by atoms with van der Waals surface area (Å²) >= 11 is 0. The Morgan fingerprint density at radius 3 is 2.83 bits per heavy atom. The summed E-state index contributed by atoms with van der Waals surface area (Å²) in [6, 6.07) is 15.9. The number of nitrogens with one attached hydrogen (secondary N) is 1. The summed E-state index contributed by atoms with van der Waals surface area (Å²) in [6.45, 7) is 4.67. The van der Waals surface area contributed by atoms with Crippen molar-refractivity contribution in [2.24, 2.45) is 5.92 Å². The van der Waals surface area contributed by atoms with Crippen LogP contribution in [-0.4, -0.2) is 25.5 Å². The number of nitrogens with zero attached hydrogens (tertiary/aromatic N) is 1. The molecule has 2 aromatic rings. The molecule has 0 radical (unpaired) electrons. The van der Waals surface area contributed by atoms with Gasteiger partial charge in [0.1, 0.15) is 0 Å². The number of benzene rings is 2. The highest BCUT2D eigenvalue weighted by Crippen LogP contribution is 2.23. The Bertz CT molecular complexity index is 684. The molecular formula is C19H23N3O. The number of hydrogen-bond donors (Lipinski definition) is 2. The first-order valence-electron chi connectivity index (χ1n) is 8.08. The molecule has 0 aliphatic carbocycles. The van der Waals surface area contributed by atoms with Crippen LogP contribution in [0.2, 0.25) is 0 Å². The van der Waals surface area contributed by atoms with Gasteiger partial charge in [0.05, 0.1) is 0 Å². The number of amides is 1. The van der Waals surface area contributed by atoms with Crippen molar-refractivity contribution in [2.45, 2.75) is 13.3 Å². The minimum absolute atomic E-state index is 0.0343. The first-order chi connectivity index (χ1) is 11.1. The highest BCUT2D eigenvalue weighted by molar-refractivity contribution is 5.96. The average Bonchev–Trinajstić information content (AvgIpc) is 3.05. The molecule has 0 aromatic heterocycles. The van der Waals surface area contributed by atoms with E-state index in [4.69, 9.17) is 5.73 Å². The molecule has 1 saturated heterocycles. The van der Waals surface area contributed by atoms with Gasteiger partial charge in [0.2, 0.25) is 0 Å². The zero-order valence-corrected chi connectivity index (χ0v) is 13.5. The van der Waals surface area contributed by atoms with Gasteiger partial charge in [-0.3, -0.25) is 4.79 Å². The molecule has 23 heavy (non-hydrogen) atoms. The predicted molar refractivity (Wildman–Crippen MR) is 94.7 cm³/mol. The Kier molecular flexibility index (Phi) is 4.51. The topological polar surface area (TPSA) is 58.4 Å². The lowest BCUT2D eigenvalue weighted by atomic mass is 10.1. The van der Waals surface area contributed by atoms with Crippen molar-refractivity contribution in [2.75, 3.05) is 30.3 Å². The normalized spacial score (nSPS) is 17.3. The van der Waals surface area contributed by atoms with Gasteiger partial charge in [-0.15, -0.1) is 0 Å². The third-order valence-electron chi connectivity index (χ3n) is 4.46. The summed E-state index contributed by atoms with van der Waals surface area (Å²) in [5.41, 5.74) is 9.28. The van der Waals surface area contributed by atoms with Crippen LogP contribution in [-0.2, 0) is 0 Å². The van der Waals surface area contributed by atoms with Gasteiger partial charge < -0.3 is 16.0 Å². The van der Waals surface area contributed by atoms with E-state index in [0.717, 1.165) is 25.1 Å². The van der Waals surface area contributed by atoms with Gasteiger partial charge in [0.15, 0.2) is 0 Å². The van der Waals surface area contributed by atoms with Crippen molar-refractivity contribution in [1.29, 1.82) is 0 Å². The van der Waals surface area contributed by atoms with Crippen molar-refractivity contribution in [1.82, 2.24) is 5.32 Å². The third kappa shape index (κ3) is 3.65. The summed E-state index contributed by atoms with van der Waals surface area (Å²) in [6.07, 6.45) is 1.10. The second-order valence-corrected chi connectivity index (χ2v) is 6.22. The van der Waals surface area contributed by atoms with Gasteiger partial charge in [0, 0.05) is 36.6 Å². The molecule has 2 aromatic carbocycles.